The third-order valence-electron chi connectivity index (χ3n) is 4.40. The SMILES string of the molecule is CCCC(C)N1C(=O)C(CC(C)C)NC(=O)C1(C)CC. The van der Waals surface area contributed by atoms with Crippen molar-refractivity contribution in [1.82, 2.24) is 10.2 Å². The van der Waals surface area contributed by atoms with Gasteiger partial charge in [-0.25, -0.2) is 0 Å². The molecule has 0 aliphatic carbocycles. The number of carbonyl (C=O) groups is 2. The molecule has 0 bridgehead atoms. The molecule has 1 saturated heterocycles. The number of carbonyl (C=O) groups excluding carboxylic acids is 2. The van der Waals surface area contributed by atoms with E-state index >= 15 is 0 Å². The second kappa shape index (κ2) is 6.59. The maximum absolute atomic E-state index is 12.8. The summed E-state index contributed by atoms with van der Waals surface area (Å²) >= 11 is 0. The van der Waals surface area contributed by atoms with E-state index in [1.54, 1.807) is 0 Å². The first-order valence-electron chi connectivity index (χ1n) is 7.92. The molecule has 1 aliphatic rings. The van der Waals surface area contributed by atoms with Crippen molar-refractivity contribution in [2.75, 3.05) is 0 Å². The molecule has 0 spiro atoms. The summed E-state index contributed by atoms with van der Waals surface area (Å²) in [6.45, 7) is 12.2. The Bertz CT molecular complexity index is 367. The largest absolute Gasteiger partial charge is 0.342 e. The maximum atomic E-state index is 12.8. The number of hydrogen-bond donors (Lipinski definition) is 1. The van der Waals surface area contributed by atoms with Crippen molar-refractivity contribution in [2.45, 2.75) is 84.8 Å². The van der Waals surface area contributed by atoms with Crippen molar-refractivity contribution < 1.29 is 9.59 Å². The summed E-state index contributed by atoms with van der Waals surface area (Å²) in [7, 11) is 0. The first-order chi connectivity index (χ1) is 9.27. The molecule has 0 aromatic carbocycles. The van der Waals surface area contributed by atoms with Crippen LogP contribution in [-0.4, -0.2) is 34.3 Å². The minimum atomic E-state index is -0.709. The van der Waals surface area contributed by atoms with Crippen LogP contribution in [0.1, 0.15) is 67.2 Å². The Labute approximate surface area is 123 Å². The van der Waals surface area contributed by atoms with Crippen molar-refractivity contribution >= 4 is 11.8 Å². The van der Waals surface area contributed by atoms with Gasteiger partial charge in [0.25, 0.3) is 0 Å². The minimum absolute atomic E-state index is 0.00629. The number of nitrogens with zero attached hydrogens (tertiary/aromatic N) is 1. The molecule has 0 aromatic rings. The number of rotatable bonds is 6. The first kappa shape index (κ1) is 17.0. The zero-order valence-electron chi connectivity index (χ0n) is 13.8. The monoisotopic (exact) mass is 282 g/mol. The van der Waals surface area contributed by atoms with Gasteiger partial charge in [-0.2, -0.15) is 0 Å². The van der Waals surface area contributed by atoms with Gasteiger partial charge in [0.1, 0.15) is 11.6 Å². The lowest BCUT2D eigenvalue weighted by Gasteiger charge is -2.49. The lowest BCUT2D eigenvalue weighted by atomic mass is 9.86. The fraction of sp³-hybridized carbons (Fsp3) is 0.875. The van der Waals surface area contributed by atoms with Gasteiger partial charge in [0, 0.05) is 6.04 Å². The van der Waals surface area contributed by atoms with E-state index < -0.39 is 5.54 Å². The van der Waals surface area contributed by atoms with Crippen LogP contribution in [0.4, 0.5) is 0 Å². The molecule has 3 unspecified atom stereocenters. The van der Waals surface area contributed by atoms with Gasteiger partial charge >= 0.3 is 0 Å². The molecule has 116 valence electrons. The van der Waals surface area contributed by atoms with E-state index in [4.69, 9.17) is 0 Å². The molecule has 1 rings (SSSR count). The van der Waals surface area contributed by atoms with Crippen LogP contribution >= 0.6 is 0 Å². The number of amides is 2. The fourth-order valence-corrected chi connectivity index (χ4v) is 3.11. The number of nitrogens with one attached hydrogen (secondary N) is 1. The van der Waals surface area contributed by atoms with E-state index in [2.05, 4.69) is 33.0 Å². The summed E-state index contributed by atoms with van der Waals surface area (Å²) in [6, 6.07) is -0.250. The van der Waals surface area contributed by atoms with E-state index in [-0.39, 0.29) is 23.9 Å². The molecule has 20 heavy (non-hydrogen) atoms. The number of hydrogen-bond acceptors (Lipinski definition) is 2. The van der Waals surface area contributed by atoms with Gasteiger partial charge in [-0.1, -0.05) is 34.1 Å². The highest BCUT2D eigenvalue weighted by Crippen LogP contribution is 2.30. The van der Waals surface area contributed by atoms with Crippen molar-refractivity contribution in [1.29, 1.82) is 0 Å². The van der Waals surface area contributed by atoms with Gasteiger partial charge in [-0.15, -0.1) is 0 Å². The van der Waals surface area contributed by atoms with Crippen molar-refractivity contribution in [3.05, 3.63) is 0 Å². The predicted octanol–water partition coefficient (Wildman–Crippen LogP) is 2.72. The smallest absolute Gasteiger partial charge is 0.246 e. The molecule has 0 radical (unpaired) electrons. The van der Waals surface area contributed by atoms with Crippen LogP contribution < -0.4 is 5.32 Å². The Balaban J connectivity index is 3.08. The highest BCUT2D eigenvalue weighted by Gasteiger charge is 2.49. The van der Waals surface area contributed by atoms with Crippen LogP contribution in [0.25, 0.3) is 0 Å². The highest BCUT2D eigenvalue weighted by molar-refractivity contribution is 5.99. The van der Waals surface area contributed by atoms with E-state index in [0.29, 0.717) is 18.8 Å². The summed E-state index contributed by atoms with van der Waals surface area (Å²) in [5.74, 6) is 0.468. The summed E-state index contributed by atoms with van der Waals surface area (Å²) in [6.07, 6.45) is 3.30. The summed E-state index contributed by atoms with van der Waals surface area (Å²) in [5.41, 5.74) is -0.709. The molecule has 0 saturated carbocycles. The molecule has 1 aliphatic heterocycles. The van der Waals surface area contributed by atoms with Crippen LogP contribution in [0, 0.1) is 5.92 Å². The van der Waals surface area contributed by atoms with Crippen LogP contribution in [0.3, 0.4) is 0 Å². The van der Waals surface area contributed by atoms with Gasteiger partial charge in [-0.3, -0.25) is 9.59 Å². The third-order valence-corrected chi connectivity index (χ3v) is 4.40. The van der Waals surface area contributed by atoms with Gasteiger partial charge in [0.05, 0.1) is 0 Å². The topological polar surface area (TPSA) is 49.4 Å². The van der Waals surface area contributed by atoms with E-state index in [1.807, 2.05) is 18.7 Å². The standard InChI is InChI=1S/C16H30N2O2/c1-7-9-12(5)18-14(19)13(10-11(3)4)17-15(20)16(18,6)8-2/h11-13H,7-10H2,1-6H3,(H,17,20). The third kappa shape index (κ3) is 3.15. The highest BCUT2D eigenvalue weighted by atomic mass is 16.2. The van der Waals surface area contributed by atoms with Gasteiger partial charge in [0.2, 0.25) is 11.8 Å². The fourth-order valence-electron chi connectivity index (χ4n) is 3.11. The molecular formula is C16H30N2O2. The summed E-state index contributed by atoms with van der Waals surface area (Å²) in [5, 5.41) is 2.94. The molecule has 2 amide bonds. The van der Waals surface area contributed by atoms with Gasteiger partial charge < -0.3 is 10.2 Å². The summed E-state index contributed by atoms with van der Waals surface area (Å²) in [4.78, 5) is 27.2. The molecule has 1 fully saturated rings. The Morgan fingerprint density at radius 1 is 1.25 bits per heavy atom. The Morgan fingerprint density at radius 3 is 2.30 bits per heavy atom. The minimum Gasteiger partial charge on any atom is -0.342 e. The zero-order chi connectivity index (χ0) is 15.5. The van der Waals surface area contributed by atoms with E-state index in [1.165, 1.54) is 0 Å². The molecule has 4 heteroatoms. The van der Waals surface area contributed by atoms with E-state index in [9.17, 15) is 9.59 Å². The second-order valence-electron chi connectivity index (χ2n) is 6.63. The molecular weight excluding hydrogens is 252 g/mol. The second-order valence-corrected chi connectivity index (χ2v) is 6.63. The molecule has 1 N–H and O–H groups in total. The quantitative estimate of drug-likeness (QED) is 0.814. The average molecular weight is 282 g/mol. The Kier molecular flexibility index (Phi) is 5.60. The molecule has 1 heterocycles. The Morgan fingerprint density at radius 2 is 1.85 bits per heavy atom. The van der Waals surface area contributed by atoms with Crippen LogP contribution in [0.5, 0.6) is 0 Å². The molecule has 4 nitrogen and oxygen atoms in total. The van der Waals surface area contributed by atoms with Crippen LogP contribution in [0.2, 0.25) is 0 Å². The van der Waals surface area contributed by atoms with Gasteiger partial charge in [0.15, 0.2) is 0 Å². The van der Waals surface area contributed by atoms with Crippen LogP contribution in [0.15, 0.2) is 0 Å². The van der Waals surface area contributed by atoms with Gasteiger partial charge in [-0.05, 0) is 39.0 Å². The lowest BCUT2D eigenvalue weighted by molar-refractivity contribution is -0.160. The Hall–Kier alpha value is -1.06. The van der Waals surface area contributed by atoms with Crippen LogP contribution in [-0.2, 0) is 9.59 Å². The predicted molar refractivity (Wildman–Crippen MR) is 81.3 cm³/mol. The van der Waals surface area contributed by atoms with E-state index in [0.717, 1.165) is 12.8 Å². The lowest BCUT2D eigenvalue weighted by Crippen LogP contribution is -2.71. The summed E-state index contributed by atoms with van der Waals surface area (Å²) < 4.78 is 0. The van der Waals surface area contributed by atoms with Crippen molar-refractivity contribution in [2.24, 2.45) is 5.92 Å². The molecule has 0 aromatic heterocycles. The van der Waals surface area contributed by atoms with Crippen molar-refractivity contribution in [3.63, 3.8) is 0 Å². The normalized spacial score (nSPS) is 28.8. The van der Waals surface area contributed by atoms with Crippen molar-refractivity contribution in [3.8, 4) is 0 Å². The first-order valence-corrected chi connectivity index (χ1v) is 7.92. The zero-order valence-corrected chi connectivity index (χ0v) is 13.8. The average Bonchev–Trinajstić information content (AvgIpc) is 2.36. The number of piperazine rings is 1. The maximum Gasteiger partial charge on any atom is 0.246 e. The molecule has 3 atom stereocenters.